The van der Waals surface area contributed by atoms with E-state index in [2.05, 4.69) is 30.6 Å². The second-order valence-electron chi connectivity index (χ2n) is 9.61. The van der Waals surface area contributed by atoms with Crippen molar-refractivity contribution in [3.05, 3.63) is 72.3 Å². The molecule has 1 amide bonds. The quantitative estimate of drug-likeness (QED) is 0.468. The lowest BCUT2D eigenvalue weighted by molar-refractivity contribution is 0.146. The minimum atomic E-state index is -3.58. The van der Waals surface area contributed by atoms with Gasteiger partial charge >= 0.3 is 6.09 Å². The molecule has 36 heavy (non-hydrogen) atoms. The monoisotopic (exact) mass is 499 g/mol. The van der Waals surface area contributed by atoms with Crippen molar-refractivity contribution in [2.45, 2.75) is 41.9 Å². The molecule has 2 aliphatic heterocycles. The fourth-order valence-corrected chi connectivity index (χ4v) is 7.27. The topological polar surface area (TPSA) is 76.2 Å². The molecule has 7 heteroatoms. The number of para-hydroxylation sites is 1. The number of sulfone groups is 1. The molecule has 6 nitrogen and oxygen atoms in total. The van der Waals surface area contributed by atoms with Crippen LogP contribution in [-0.4, -0.2) is 38.5 Å². The van der Waals surface area contributed by atoms with Crippen molar-refractivity contribution in [2.75, 3.05) is 17.3 Å². The molecule has 182 valence electrons. The summed E-state index contributed by atoms with van der Waals surface area (Å²) in [5, 5.41) is 0. The summed E-state index contributed by atoms with van der Waals surface area (Å²) in [4.78, 5) is 15.4. The fourth-order valence-electron chi connectivity index (χ4n) is 6.16. The summed E-state index contributed by atoms with van der Waals surface area (Å²) < 4.78 is 37.7. The van der Waals surface area contributed by atoms with E-state index in [0.29, 0.717) is 5.69 Å². The minimum Gasteiger partial charge on any atom is -0.448 e. The van der Waals surface area contributed by atoms with Crippen molar-refractivity contribution in [1.29, 1.82) is 0 Å². The Hall–Kier alpha value is -3.52. The van der Waals surface area contributed by atoms with Gasteiger partial charge in [0.25, 0.3) is 0 Å². The Kier molecular flexibility index (Phi) is 5.26. The molecule has 2 aliphatic carbocycles. The van der Waals surface area contributed by atoms with E-state index in [-0.39, 0.29) is 29.1 Å². The van der Waals surface area contributed by atoms with Crippen LogP contribution in [0.15, 0.2) is 71.6 Å². The number of hydrogen-bond acceptors (Lipinski definition) is 5. The van der Waals surface area contributed by atoms with Crippen molar-refractivity contribution >= 4 is 21.6 Å². The molecule has 6 rings (SSSR count). The van der Waals surface area contributed by atoms with Crippen LogP contribution in [0.25, 0.3) is 0 Å². The number of carbonyl (C=O) groups is 1. The van der Waals surface area contributed by atoms with E-state index in [9.17, 15) is 13.2 Å². The lowest BCUT2D eigenvalue weighted by atomic mass is 9.60. The third-order valence-corrected chi connectivity index (χ3v) is 9.51. The molecule has 2 aromatic carbocycles. The maximum atomic E-state index is 13.6. The molecule has 0 radical (unpaired) electrons. The first-order valence-electron chi connectivity index (χ1n) is 12.1. The zero-order chi connectivity index (χ0) is 25.0. The first-order valence-corrected chi connectivity index (χ1v) is 13.8. The molecule has 4 aliphatic rings. The van der Waals surface area contributed by atoms with Gasteiger partial charge in [-0.05, 0) is 49.1 Å². The molecule has 2 heterocycles. The van der Waals surface area contributed by atoms with Gasteiger partial charge in [0.15, 0.2) is 9.84 Å². The number of anilines is 1. The molecular formula is C29H25NO5S. The molecule has 5 atom stereocenters. The SMILES string of the molecule is CC1CC[C@@H]2C#C/C=C\C#C[C@@H]3N(C(=O)OCCS(=O)(=O)c4ccccc4)c4ccccc4[C@]24O[C@@]134. The summed E-state index contributed by atoms with van der Waals surface area (Å²) >= 11 is 0. The Balaban J connectivity index is 1.36. The smallest absolute Gasteiger partial charge is 0.415 e. The summed E-state index contributed by atoms with van der Waals surface area (Å²) in [6, 6.07) is 15.2. The molecule has 2 aromatic rings. The van der Waals surface area contributed by atoms with Crippen molar-refractivity contribution in [1.82, 2.24) is 0 Å². The lowest BCUT2D eigenvalue weighted by Gasteiger charge is -2.45. The van der Waals surface area contributed by atoms with Gasteiger partial charge in [-0.25, -0.2) is 13.2 Å². The van der Waals surface area contributed by atoms with Gasteiger partial charge in [0, 0.05) is 5.56 Å². The van der Waals surface area contributed by atoms with Crippen LogP contribution in [-0.2, 0) is 24.9 Å². The highest BCUT2D eigenvalue weighted by Crippen LogP contribution is 2.73. The Morgan fingerprint density at radius 2 is 1.78 bits per heavy atom. The number of fused-ring (bicyclic) bond motifs is 1. The average Bonchev–Trinajstić information content (AvgIpc) is 3.61. The number of amides is 1. The normalized spacial score (nSPS) is 31.8. The van der Waals surface area contributed by atoms with Crippen LogP contribution in [0, 0.1) is 35.5 Å². The van der Waals surface area contributed by atoms with E-state index in [4.69, 9.17) is 9.47 Å². The van der Waals surface area contributed by atoms with Crippen molar-refractivity contribution in [3.63, 3.8) is 0 Å². The van der Waals surface area contributed by atoms with Crippen LogP contribution in [0.1, 0.15) is 25.3 Å². The van der Waals surface area contributed by atoms with E-state index < -0.39 is 33.2 Å². The zero-order valence-corrected chi connectivity index (χ0v) is 20.6. The predicted octanol–water partition coefficient (Wildman–Crippen LogP) is 4.07. The summed E-state index contributed by atoms with van der Waals surface area (Å²) in [5.41, 5.74) is 0.247. The van der Waals surface area contributed by atoms with E-state index in [1.807, 2.05) is 24.3 Å². The Labute approximate surface area is 211 Å². The maximum Gasteiger partial charge on any atom is 0.415 e. The first-order chi connectivity index (χ1) is 17.4. The number of ether oxygens (including phenoxy) is 2. The second kappa shape index (κ2) is 8.27. The number of carbonyl (C=O) groups excluding carboxylic acids is 1. The molecule has 0 N–H and O–H groups in total. The maximum absolute atomic E-state index is 13.6. The van der Waals surface area contributed by atoms with Crippen LogP contribution >= 0.6 is 0 Å². The van der Waals surface area contributed by atoms with Gasteiger partial charge < -0.3 is 9.47 Å². The Bertz CT molecular complexity index is 1490. The first kappa shape index (κ1) is 22.9. The van der Waals surface area contributed by atoms with Gasteiger partial charge in [0.05, 0.1) is 22.3 Å². The highest BCUT2D eigenvalue weighted by atomic mass is 32.2. The number of rotatable bonds is 4. The summed E-state index contributed by atoms with van der Waals surface area (Å²) in [5.74, 6) is 12.6. The number of benzene rings is 2. The third-order valence-electron chi connectivity index (χ3n) is 7.81. The number of nitrogens with zero attached hydrogens (tertiary/aromatic N) is 1. The minimum absolute atomic E-state index is 0.0175. The largest absolute Gasteiger partial charge is 0.448 e. The average molecular weight is 500 g/mol. The standard InChI is InChI=1S/C29H25NO5S/c1-21-17-18-22-11-5-2-3-8-16-26-28(21)29(22,35-28)24-14-9-10-15-25(24)30(26)27(31)34-19-20-36(32,33)23-12-6-4-7-13-23/h2-4,6-7,9-10,12-15,21-22,26H,17-20H2,1H3/b3-2-/t21?,22-,26-,28-,29+/m0/s1. The Morgan fingerprint density at radius 1 is 1.06 bits per heavy atom. The predicted molar refractivity (Wildman–Crippen MR) is 135 cm³/mol. The van der Waals surface area contributed by atoms with Gasteiger partial charge in [-0.1, -0.05) is 67.0 Å². The molecular weight excluding hydrogens is 474 g/mol. The van der Waals surface area contributed by atoms with Gasteiger partial charge in [0.1, 0.15) is 23.9 Å². The number of allylic oxidation sites excluding steroid dienone is 2. The van der Waals surface area contributed by atoms with Crippen LogP contribution in [0.2, 0.25) is 0 Å². The highest BCUT2D eigenvalue weighted by Gasteiger charge is 2.83. The van der Waals surface area contributed by atoms with E-state index >= 15 is 0 Å². The van der Waals surface area contributed by atoms with Gasteiger partial charge in [0.2, 0.25) is 0 Å². The molecule has 0 aromatic heterocycles. The van der Waals surface area contributed by atoms with E-state index in [0.717, 1.165) is 18.4 Å². The van der Waals surface area contributed by atoms with E-state index in [1.165, 1.54) is 12.1 Å². The summed E-state index contributed by atoms with van der Waals surface area (Å²) in [7, 11) is -3.58. The molecule has 4 bridgehead atoms. The fraction of sp³-hybridized carbons (Fsp3) is 0.345. The lowest BCUT2D eigenvalue weighted by Crippen LogP contribution is -2.60. The molecule has 1 unspecified atom stereocenters. The van der Waals surface area contributed by atoms with Crippen molar-refractivity contribution in [2.24, 2.45) is 11.8 Å². The zero-order valence-electron chi connectivity index (χ0n) is 19.8. The number of hydrogen-bond donors (Lipinski definition) is 0. The van der Waals surface area contributed by atoms with E-state index in [1.54, 1.807) is 35.3 Å². The van der Waals surface area contributed by atoms with Crippen molar-refractivity contribution in [3.8, 4) is 23.7 Å². The highest BCUT2D eigenvalue weighted by molar-refractivity contribution is 7.91. The van der Waals surface area contributed by atoms with Gasteiger partial charge in [-0.15, -0.1) is 0 Å². The molecule has 2 fully saturated rings. The summed E-state index contributed by atoms with van der Waals surface area (Å²) in [6.07, 6.45) is 4.60. The Morgan fingerprint density at radius 3 is 2.58 bits per heavy atom. The van der Waals surface area contributed by atoms with Crippen LogP contribution < -0.4 is 4.90 Å². The summed E-state index contributed by atoms with van der Waals surface area (Å²) in [6.45, 7) is 1.88. The van der Waals surface area contributed by atoms with Crippen molar-refractivity contribution < 1.29 is 22.7 Å². The molecule has 0 spiro atoms. The van der Waals surface area contributed by atoms with Crippen LogP contribution in [0.4, 0.5) is 10.5 Å². The third kappa shape index (κ3) is 3.17. The van der Waals surface area contributed by atoms with Crippen LogP contribution in [0.5, 0.6) is 0 Å². The van der Waals surface area contributed by atoms with Gasteiger partial charge in [-0.2, -0.15) is 0 Å². The number of epoxide rings is 1. The molecule has 1 saturated heterocycles. The van der Waals surface area contributed by atoms with Gasteiger partial charge in [-0.3, -0.25) is 4.90 Å². The second-order valence-corrected chi connectivity index (χ2v) is 11.7. The molecule has 1 saturated carbocycles. The van der Waals surface area contributed by atoms with Crippen LogP contribution in [0.3, 0.4) is 0 Å².